The molecule has 1 amide bonds. The molecule has 1 fully saturated rings. The number of methoxy groups -OCH3 is 2. The van der Waals surface area contributed by atoms with Gasteiger partial charge >= 0.3 is 0 Å². The Kier molecular flexibility index (Phi) is 8.36. The minimum Gasteiger partial charge on any atom is -0.507 e. The summed E-state index contributed by atoms with van der Waals surface area (Å²) < 4.78 is 16.8. The predicted octanol–water partition coefficient (Wildman–Crippen LogP) is 5.75. The molecule has 3 aromatic rings. The molecule has 0 radical (unpaired) electrons. The molecule has 0 saturated carbocycles. The molecule has 38 heavy (non-hydrogen) atoms. The van der Waals surface area contributed by atoms with Gasteiger partial charge in [0, 0.05) is 12.1 Å². The zero-order chi connectivity index (χ0) is 27.2. The third-order valence-corrected chi connectivity index (χ3v) is 6.54. The van der Waals surface area contributed by atoms with Gasteiger partial charge in [-0.2, -0.15) is 0 Å². The molecule has 1 saturated heterocycles. The summed E-state index contributed by atoms with van der Waals surface area (Å²) in [5, 5.41) is 11.4. The van der Waals surface area contributed by atoms with Gasteiger partial charge in [-0.1, -0.05) is 62.4 Å². The Labute approximate surface area is 223 Å². The number of carbonyl (C=O) groups excluding carboxylic acids is 2. The summed E-state index contributed by atoms with van der Waals surface area (Å²) in [6.45, 7) is 4.99. The first-order chi connectivity index (χ1) is 18.3. The molecule has 4 rings (SSSR count). The Morgan fingerprint density at radius 1 is 0.921 bits per heavy atom. The second-order valence-electron chi connectivity index (χ2n) is 9.59. The SMILES string of the molecule is COc1cccc(/C(O)=C2\C(=O)C(=O)N(Cc3ccccc3)C2c2ccc(OCCC(C)C)c(OC)c2)c1. The van der Waals surface area contributed by atoms with Crippen LogP contribution in [0.4, 0.5) is 0 Å². The predicted molar refractivity (Wildman–Crippen MR) is 145 cm³/mol. The Bertz CT molecular complexity index is 1330. The smallest absolute Gasteiger partial charge is 0.295 e. The molecular formula is C31H33NO6. The van der Waals surface area contributed by atoms with Crippen molar-refractivity contribution in [2.75, 3.05) is 20.8 Å². The van der Waals surface area contributed by atoms with Gasteiger partial charge in [0.05, 0.1) is 32.4 Å². The first-order valence-electron chi connectivity index (χ1n) is 12.6. The van der Waals surface area contributed by atoms with Gasteiger partial charge in [0.1, 0.15) is 11.5 Å². The molecule has 7 nitrogen and oxygen atoms in total. The van der Waals surface area contributed by atoms with Crippen molar-refractivity contribution in [2.24, 2.45) is 5.92 Å². The molecule has 3 aromatic carbocycles. The molecule has 1 heterocycles. The molecule has 198 valence electrons. The second-order valence-corrected chi connectivity index (χ2v) is 9.59. The molecule has 0 aromatic heterocycles. The van der Waals surface area contributed by atoms with E-state index in [2.05, 4.69) is 13.8 Å². The van der Waals surface area contributed by atoms with Crippen LogP contribution in [-0.2, 0) is 16.1 Å². The number of likely N-dealkylation sites (tertiary alicyclic amines) is 1. The van der Waals surface area contributed by atoms with Crippen LogP contribution in [0.5, 0.6) is 17.2 Å². The highest BCUT2D eigenvalue weighted by atomic mass is 16.5. The van der Waals surface area contributed by atoms with E-state index in [0.717, 1.165) is 12.0 Å². The first kappa shape index (κ1) is 26.8. The number of aliphatic hydroxyl groups excluding tert-OH is 1. The molecule has 1 atom stereocenters. The van der Waals surface area contributed by atoms with E-state index in [1.165, 1.54) is 12.0 Å². The number of hydrogen-bond donors (Lipinski definition) is 1. The lowest BCUT2D eigenvalue weighted by Gasteiger charge is -2.26. The number of ether oxygens (including phenoxy) is 3. The van der Waals surface area contributed by atoms with Gasteiger partial charge in [-0.05, 0) is 47.7 Å². The van der Waals surface area contributed by atoms with Gasteiger partial charge < -0.3 is 24.2 Å². The average Bonchev–Trinajstić information content (AvgIpc) is 3.18. The number of hydrogen-bond acceptors (Lipinski definition) is 6. The average molecular weight is 516 g/mol. The fourth-order valence-electron chi connectivity index (χ4n) is 4.47. The van der Waals surface area contributed by atoms with Crippen molar-refractivity contribution in [1.82, 2.24) is 4.90 Å². The zero-order valence-electron chi connectivity index (χ0n) is 22.1. The quantitative estimate of drug-likeness (QED) is 0.210. The van der Waals surface area contributed by atoms with E-state index >= 15 is 0 Å². The van der Waals surface area contributed by atoms with Crippen molar-refractivity contribution in [1.29, 1.82) is 0 Å². The maximum Gasteiger partial charge on any atom is 0.295 e. The number of amides is 1. The van der Waals surface area contributed by atoms with Gasteiger partial charge in [0.25, 0.3) is 11.7 Å². The topological polar surface area (TPSA) is 85.3 Å². The number of rotatable bonds is 10. The highest BCUT2D eigenvalue weighted by Crippen LogP contribution is 2.43. The van der Waals surface area contributed by atoms with Gasteiger partial charge in [-0.25, -0.2) is 0 Å². The van der Waals surface area contributed by atoms with Crippen molar-refractivity contribution >= 4 is 17.4 Å². The summed E-state index contributed by atoms with van der Waals surface area (Å²) in [6, 6.07) is 20.7. The third-order valence-electron chi connectivity index (χ3n) is 6.54. The maximum atomic E-state index is 13.4. The lowest BCUT2D eigenvalue weighted by Crippen LogP contribution is -2.29. The minimum atomic E-state index is -0.833. The van der Waals surface area contributed by atoms with Crippen LogP contribution >= 0.6 is 0 Å². The van der Waals surface area contributed by atoms with Gasteiger partial charge in [-0.3, -0.25) is 9.59 Å². The van der Waals surface area contributed by atoms with Crippen LogP contribution in [0.15, 0.2) is 78.4 Å². The zero-order valence-corrected chi connectivity index (χ0v) is 22.1. The summed E-state index contributed by atoms with van der Waals surface area (Å²) in [5.74, 6) is 0.381. The summed E-state index contributed by atoms with van der Waals surface area (Å²) in [6.07, 6.45) is 0.892. The molecule has 1 N–H and O–H groups in total. The molecule has 1 aliphatic heterocycles. The van der Waals surface area contributed by atoms with Crippen molar-refractivity contribution in [3.05, 3.63) is 95.1 Å². The number of benzene rings is 3. The first-order valence-corrected chi connectivity index (χ1v) is 12.6. The fourth-order valence-corrected chi connectivity index (χ4v) is 4.47. The molecule has 0 bridgehead atoms. The Morgan fingerprint density at radius 3 is 2.37 bits per heavy atom. The van der Waals surface area contributed by atoms with Gasteiger partial charge in [-0.15, -0.1) is 0 Å². The van der Waals surface area contributed by atoms with Crippen LogP contribution in [-0.4, -0.2) is 42.5 Å². The van der Waals surface area contributed by atoms with E-state index in [9.17, 15) is 14.7 Å². The molecule has 0 spiro atoms. The van der Waals surface area contributed by atoms with Crippen molar-refractivity contribution in [2.45, 2.75) is 32.9 Å². The van der Waals surface area contributed by atoms with Crippen LogP contribution in [0, 0.1) is 5.92 Å². The number of nitrogens with zero attached hydrogens (tertiary/aromatic N) is 1. The van der Waals surface area contributed by atoms with E-state index in [4.69, 9.17) is 14.2 Å². The van der Waals surface area contributed by atoms with Gasteiger partial charge in [0.15, 0.2) is 11.5 Å². The van der Waals surface area contributed by atoms with Crippen LogP contribution in [0.2, 0.25) is 0 Å². The summed E-state index contributed by atoms with van der Waals surface area (Å²) in [7, 11) is 3.07. The second kappa shape index (κ2) is 11.9. The summed E-state index contributed by atoms with van der Waals surface area (Å²) in [4.78, 5) is 28.2. The Hall–Kier alpha value is -4.26. The van der Waals surface area contributed by atoms with E-state index in [0.29, 0.717) is 40.9 Å². The highest BCUT2D eigenvalue weighted by Gasteiger charge is 2.46. The normalized spacial score (nSPS) is 16.7. The van der Waals surface area contributed by atoms with Crippen LogP contribution in [0.25, 0.3) is 5.76 Å². The summed E-state index contributed by atoms with van der Waals surface area (Å²) in [5.41, 5.74) is 1.88. The molecule has 0 aliphatic carbocycles. The van der Waals surface area contributed by atoms with Gasteiger partial charge in [0.2, 0.25) is 0 Å². The Balaban J connectivity index is 1.82. The highest BCUT2D eigenvalue weighted by molar-refractivity contribution is 6.46. The standard InChI is InChI=1S/C31H33NO6/c1-20(2)15-16-38-25-14-13-22(18-26(25)37-4)28-27(29(33)23-11-8-12-24(17-23)36-3)30(34)31(35)32(28)19-21-9-6-5-7-10-21/h5-14,17-18,20,28,33H,15-16,19H2,1-4H3/b29-27+. The lowest BCUT2D eigenvalue weighted by molar-refractivity contribution is -0.140. The number of ketones is 1. The van der Waals surface area contributed by atoms with Crippen LogP contribution in [0.3, 0.4) is 0 Å². The van der Waals surface area contributed by atoms with E-state index in [1.54, 1.807) is 49.6 Å². The fraction of sp³-hybridized carbons (Fsp3) is 0.290. The number of aliphatic hydroxyl groups is 1. The largest absolute Gasteiger partial charge is 0.507 e. The molecule has 7 heteroatoms. The lowest BCUT2D eigenvalue weighted by atomic mass is 9.94. The van der Waals surface area contributed by atoms with Crippen molar-refractivity contribution < 1.29 is 28.9 Å². The van der Waals surface area contributed by atoms with Crippen LogP contribution in [0.1, 0.15) is 43.0 Å². The van der Waals surface area contributed by atoms with E-state index in [-0.39, 0.29) is 17.9 Å². The van der Waals surface area contributed by atoms with Crippen LogP contribution < -0.4 is 14.2 Å². The summed E-state index contributed by atoms with van der Waals surface area (Å²) >= 11 is 0. The third kappa shape index (κ3) is 5.67. The number of carbonyl (C=O) groups is 2. The monoisotopic (exact) mass is 515 g/mol. The van der Waals surface area contributed by atoms with Crippen molar-refractivity contribution in [3.8, 4) is 17.2 Å². The van der Waals surface area contributed by atoms with E-state index in [1.807, 2.05) is 30.3 Å². The molecular weight excluding hydrogens is 482 g/mol. The minimum absolute atomic E-state index is 0.00899. The number of Topliss-reactive ketones (excluding diaryl/α,β-unsaturated/α-hetero) is 1. The maximum absolute atomic E-state index is 13.4. The molecule has 1 unspecified atom stereocenters. The van der Waals surface area contributed by atoms with E-state index < -0.39 is 17.7 Å². The van der Waals surface area contributed by atoms with Crippen molar-refractivity contribution in [3.63, 3.8) is 0 Å². The Morgan fingerprint density at radius 2 is 1.68 bits per heavy atom. The molecule has 1 aliphatic rings.